The zero-order valence-electron chi connectivity index (χ0n) is 2.90. The van der Waals surface area contributed by atoms with Crippen molar-refractivity contribution >= 4 is 16.8 Å². The Morgan fingerprint density at radius 1 is 2.00 bits per heavy atom. The molecule has 0 aromatic rings. The second kappa shape index (κ2) is 2.03. The normalized spacial score (nSPS) is 12.0. The average Bonchev–Trinajstić information content (AvgIpc) is 1.38. The van der Waals surface area contributed by atoms with Gasteiger partial charge in [-0.05, 0) is 6.92 Å². The first kappa shape index (κ1) is 4.76. The van der Waals surface area contributed by atoms with Gasteiger partial charge in [-0.3, -0.25) is 0 Å². The Hall–Kier alpha value is -0.240. The highest BCUT2D eigenvalue weighted by atomic mass is 35.5. The van der Waals surface area contributed by atoms with Crippen LogP contribution < -0.4 is 5.84 Å². The van der Waals surface area contributed by atoms with Crippen LogP contribution in [0, 0.1) is 0 Å². The van der Waals surface area contributed by atoms with E-state index in [1.165, 1.54) is 0 Å². The molecule has 0 aromatic carbocycles. The predicted octanol–water partition coefficient (Wildman–Crippen LogP) is 0.517. The highest BCUT2D eigenvalue weighted by Crippen LogP contribution is 1.73. The maximum Gasteiger partial charge on any atom is 0.122 e. The molecule has 0 heterocycles. The molecule has 0 spiro atoms. The van der Waals surface area contributed by atoms with Gasteiger partial charge in [0.05, 0.1) is 0 Å². The van der Waals surface area contributed by atoms with Gasteiger partial charge in [0.2, 0.25) is 0 Å². The van der Waals surface area contributed by atoms with Crippen LogP contribution in [-0.2, 0) is 0 Å². The third kappa shape index (κ3) is 3.76. The highest BCUT2D eigenvalue weighted by molar-refractivity contribution is 6.64. The Morgan fingerprint density at radius 3 is 2.20 bits per heavy atom. The molecule has 0 aliphatic carbocycles. The lowest BCUT2D eigenvalue weighted by Crippen LogP contribution is -1.83. The van der Waals surface area contributed by atoms with Gasteiger partial charge in [-0.1, -0.05) is 11.6 Å². The van der Waals surface area contributed by atoms with E-state index in [1.54, 1.807) is 6.92 Å². The van der Waals surface area contributed by atoms with E-state index in [0.29, 0.717) is 5.17 Å². The van der Waals surface area contributed by atoms with E-state index < -0.39 is 0 Å². The molecule has 0 amide bonds. The van der Waals surface area contributed by atoms with Crippen molar-refractivity contribution in [3.05, 3.63) is 0 Å². The van der Waals surface area contributed by atoms with Gasteiger partial charge >= 0.3 is 0 Å². The number of hydrogen-bond donors (Lipinski definition) is 1. The molecular formula is C2H5ClN2. The van der Waals surface area contributed by atoms with E-state index in [-0.39, 0.29) is 0 Å². The summed E-state index contributed by atoms with van der Waals surface area (Å²) in [6.07, 6.45) is 0. The minimum Gasteiger partial charge on any atom is -0.322 e. The van der Waals surface area contributed by atoms with E-state index in [2.05, 4.69) is 10.9 Å². The molecule has 0 bridgehead atoms. The average molecular weight is 92.5 g/mol. The van der Waals surface area contributed by atoms with Crippen molar-refractivity contribution in [1.82, 2.24) is 0 Å². The van der Waals surface area contributed by atoms with Gasteiger partial charge in [0.15, 0.2) is 0 Å². The van der Waals surface area contributed by atoms with E-state index in [9.17, 15) is 0 Å². The molecule has 0 unspecified atom stereocenters. The Kier molecular flexibility index (Phi) is 1.93. The fourth-order valence-electron chi connectivity index (χ4n) is 0. The molecule has 0 atom stereocenters. The van der Waals surface area contributed by atoms with Crippen LogP contribution >= 0.6 is 11.6 Å². The first-order valence-corrected chi connectivity index (χ1v) is 1.55. The van der Waals surface area contributed by atoms with Crippen LogP contribution in [0.4, 0.5) is 0 Å². The maximum absolute atomic E-state index is 5.09. The van der Waals surface area contributed by atoms with E-state index in [1.807, 2.05) is 0 Å². The number of rotatable bonds is 0. The van der Waals surface area contributed by atoms with Crippen molar-refractivity contribution in [3.63, 3.8) is 0 Å². The van der Waals surface area contributed by atoms with Gasteiger partial charge in [0.25, 0.3) is 0 Å². The molecule has 2 nitrogen and oxygen atoms in total. The van der Waals surface area contributed by atoms with Crippen LogP contribution in [0.5, 0.6) is 0 Å². The minimum absolute atomic E-state index is 0.380. The zero-order chi connectivity index (χ0) is 4.28. The molecule has 0 rings (SSSR count). The zero-order valence-corrected chi connectivity index (χ0v) is 3.66. The van der Waals surface area contributed by atoms with Crippen LogP contribution in [0.25, 0.3) is 0 Å². The number of halogens is 1. The molecule has 0 radical (unpaired) electrons. The van der Waals surface area contributed by atoms with Gasteiger partial charge in [-0.2, -0.15) is 5.10 Å². The summed E-state index contributed by atoms with van der Waals surface area (Å²) in [7, 11) is 0. The van der Waals surface area contributed by atoms with E-state index >= 15 is 0 Å². The lowest BCUT2D eigenvalue weighted by atomic mass is 10.9. The van der Waals surface area contributed by atoms with Crippen LogP contribution in [0.2, 0.25) is 0 Å². The molecular weight excluding hydrogens is 87.5 g/mol. The fraction of sp³-hybridized carbons (Fsp3) is 0.500. The molecule has 0 saturated carbocycles. The minimum atomic E-state index is 0.380. The molecule has 5 heavy (non-hydrogen) atoms. The molecule has 0 saturated heterocycles. The molecule has 0 aliphatic heterocycles. The second-order valence-corrected chi connectivity index (χ2v) is 1.17. The summed E-state index contributed by atoms with van der Waals surface area (Å²) >= 11 is 5.09. The third-order valence-electron chi connectivity index (χ3n) is 0.178. The molecule has 0 aliphatic rings. The molecule has 3 heteroatoms. The standard InChI is InChI=1S/C2H5ClN2/c1-2(3)5-4/h4H2,1H3. The van der Waals surface area contributed by atoms with Crippen LogP contribution in [0.15, 0.2) is 5.10 Å². The van der Waals surface area contributed by atoms with Crippen molar-refractivity contribution in [2.75, 3.05) is 0 Å². The van der Waals surface area contributed by atoms with Crippen LogP contribution in [-0.4, -0.2) is 5.17 Å². The second-order valence-electron chi connectivity index (χ2n) is 0.626. The van der Waals surface area contributed by atoms with Crippen molar-refractivity contribution in [2.45, 2.75) is 6.92 Å². The van der Waals surface area contributed by atoms with Crippen molar-refractivity contribution in [3.8, 4) is 0 Å². The van der Waals surface area contributed by atoms with Gasteiger partial charge < -0.3 is 5.84 Å². The van der Waals surface area contributed by atoms with Gasteiger partial charge in [-0.15, -0.1) is 0 Å². The summed E-state index contributed by atoms with van der Waals surface area (Å²) in [5, 5.41) is 3.45. The fourth-order valence-corrected chi connectivity index (χ4v) is 0. The predicted molar refractivity (Wildman–Crippen MR) is 23.1 cm³/mol. The van der Waals surface area contributed by atoms with Gasteiger partial charge in [0.1, 0.15) is 5.17 Å². The smallest absolute Gasteiger partial charge is 0.122 e. The summed E-state index contributed by atoms with van der Waals surface area (Å²) in [5.41, 5.74) is 0. The summed E-state index contributed by atoms with van der Waals surface area (Å²) in [5.74, 6) is 4.63. The largest absolute Gasteiger partial charge is 0.322 e. The highest BCUT2D eigenvalue weighted by Gasteiger charge is 1.67. The summed E-state index contributed by atoms with van der Waals surface area (Å²) in [6, 6.07) is 0. The van der Waals surface area contributed by atoms with Gasteiger partial charge in [-0.25, -0.2) is 0 Å². The lowest BCUT2D eigenvalue weighted by molar-refractivity contribution is 1.25. The Morgan fingerprint density at radius 2 is 2.20 bits per heavy atom. The lowest BCUT2D eigenvalue weighted by Gasteiger charge is -1.70. The van der Waals surface area contributed by atoms with E-state index in [4.69, 9.17) is 11.6 Å². The maximum atomic E-state index is 5.09. The number of hydrogen-bond acceptors (Lipinski definition) is 2. The summed E-state index contributed by atoms with van der Waals surface area (Å²) < 4.78 is 0. The third-order valence-corrected chi connectivity index (χ3v) is 0.275. The molecule has 0 fully saturated rings. The Labute approximate surface area is 35.6 Å². The van der Waals surface area contributed by atoms with Crippen LogP contribution in [0.1, 0.15) is 6.92 Å². The SMILES string of the molecule is CC(Cl)=NN. The molecule has 2 N–H and O–H groups in total. The first-order chi connectivity index (χ1) is 2.27. The van der Waals surface area contributed by atoms with E-state index in [0.717, 1.165) is 0 Å². The Bertz CT molecular complexity index is 45.6. The van der Waals surface area contributed by atoms with Crippen LogP contribution in [0.3, 0.4) is 0 Å². The monoisotopic (exact) mass is 92.0 g/mol. The van der Waals surface area contributed by atoms with Crippen molar-refractivity contribution in [1.29, 1.82) is 0 Å². The van der Waals surface area contributed by atoms with Gasteiger partial charge in [0, 0.05) is 0 Å². The first-order valence-electron chi connectivity index (χ1n) is 1.17. The Balaban J connectivity index is 3.14. The summed E-state index contributed by atoms with van der Waals surface area (Å²) in [4.78, 5) is 0. The number of hydrazone groups is 1. The van der Waals surface area contributed by atoms with Crippen molar-refractivity contribution < 1.29 is 0 Å². The van der Waals surface area contributed by atoms with Crippen molar-refractivity contribution in [2.24, 2.45) is 10.9 Å². The molecule has 0 aromatic heterocycles. The molecule has 30 valence electrons. The quantitative estimate of drug-likeness (QED) is 0.264. The number of nitrogens with zero attached hydrogens (tertiary/aromatic N) is 1. The topological polar surface area (TPSA) is 38.4 Å². The number of nitrogens with two attached hydrogens (primary N) is 1. The summed E-state index contributed by atoms with van der Waals surface area (Å²) in [6.45, 7) is 1.61.